The summed E-state index contributed by atoms with van der Waals surface area (Å²) in [6, 6.07) is 0.675. The van der Waals surface area contributed by atoms with Crippen molar-refractivity contribution in [3.05, 3.63) is 0 Å². The van der Waals surface area contributed by atoms with Gasteiger partial charge in [-0.15, -0.1) is 0 Å². The SMILES string of the molecule is CCC1(C)CN(CC2(C)CCOCC2)C(C(C)C)CN1. The van der Waals surface area contributed by atoms with Crippen LogP contribution in [-0.2, 0) is 4.74 Å². The minimum absolute atomic E-state index is 0.285. The molecule has 3 nitrogen and oxygen atoms in total. The summed E-state index contributed by atoms with van der Waals surface area (Å²) in [5.41, 5.74) is 0.726. The highest BCUT2D eigenvalue weighted by molar-refractivity contribution is 4.97. The summed E-state index contributed by atoms with van der Waals surface area (Å²) < 4.78 is 5.56. The van der Waals surface area contributed by atoms with Crippen molar-refractivity contribution in [1.82, 2.24) is 10.2 Å². The Morgan fingerprint density at radius 3 is 2.45 bits per heavy atom. The lowest BCUT2D eigenvalue weighted by molar-refractivity contribution is -0.0258. The van der Waals surface area contributed by atoms with Crippen molar-refractivity contribution >= 4 is 0 Å². The van der Waals surface area contributed by atoms with Gasteiger partial charge in [-0.25, -0.2) is 0 Å². The summed E-state index contributed by atoms with van der Waals surface area (Å²) in [4.78, 5) is 2.77. The smallest absolute Gasteiger partial charge is 0.0471 e. The fourth-order valence-electron chi connectivity index (χ4n) is 3.68. The van der Waals surface area contributed by atoms with Crippen molar-refractivity contribution in [1.29, 1.82) is 0 Å². The maximum absolute atomic E-state index is 5.56. The highest BCUT2D eigenvalue weighted by Crippen LogP contribution is 2.34. The van der Waals surface area contributed by atoms with Gasteiger partial charge in [-0.2, -0.15) is 0 Å². The molecule has 3 heteroatoms. The Labute approximate surface area is 125 Å². The predicted molar refractivity (Wildman–Crippen MR) is 85.1 cm³/mol. The highest BCUT2D eigenvalue weighted by atomic mass is 16.5. The Morgan fingerprint density at radius 1 is 1.25 bits per heavy atom. The van der Waals surface area contributed by atoms with Gasteiger partial charge in [0.25, 0.3) is 0 Å². The first kappa shape index (κ1) is 16.3. The number of ether oxygens (including phenoxy) is 1. The monoisotopic (exact) mass is 282 g/mol. The molecule has 1 N–H and O–H groups in total. The first-order valence-corrected chi connectivity index (χ1v) is 8.44. The minimum atomic E-state index is 0.285. The van der Waals surface area contributed by atoms with Crippen LogP contribution in [0.15, 0.2) is 0 Å². The van der Waals surface area contributed by atoms with Gasteiger partial charge < -0.3 is 10.1 Å². The molecule has 0 aromatic carbocycles. The molecule has 0 saturated carbocycles. The summed E-state index contributed by atoms with van der Waals surface area (Å²) in [7, 11) is 0. The quantitative estimate of drug-likeness (QED) is 0.858. The summed E-state index contributed by atoms with van der Waals surface area (Å²) in [6.07, 6.45) is 3.63. The number of nitrogens with zero attached hydrogens (tertiary/aromatic N) is 1. The summed E-state index contributed by atoms with van der Waals surface area (Å²) in [6.45, 7) is 17.3. The lowest BCUT2D eigenvalue weighted by Crippen LogP contribution is -2.65. The molecular formula is C17H34N2O. The molecule has 0 aromatic rings. The molecule has 0 aromatic heterocycles. The van der Waals surface area contributed by atoms with Crippen LogP contribution in [-0.4, -0.2) is 49.3 Å². The fraction of sp³-hybridized carbons (Fsp3) is 1.00. The van der Waals surface area contributed by atoms with Gasteiger partial charge in [-0.05, 0) is 37.5 Å². The Kier molecular flexibility index (Phi) is 5.14. The van der Waals surface area contributed by atoms with Crippen LogP contribution < -0.4 is 5.32 Å². The second-order valence-corrected chi connectivity index (χ2v) is 7.93. The number of rotatable bonds is 4. The molecule has 2 unspecified atom stereocenters. The van der Waals surface area contributed by atoms with Gasteiger partial charge in [0.05, 0.1) is 0 Å². The number of nitrogens with one attached hydrogen (secondary N) is 1. The molecule has 0 amide bonds. The van der Waals surface area contributed by atoms with Crippen LogP contribution in [0.5, 0.6) is 0 Å². The van der Waals surface area contributed by atoms with E-state index in [0.717, 1.165) is 19.8 Å². The normalized spacial score (nSPS) is 35.4. The molecule has 0 aliphatic carbocycles. The van der Waals surface area contributed by atoms with E-state index in [4.69, 9.17) is 4.74 Å². The summed E-state index contributed by atoms with van der Waals surface area (Å²) in [5.74, 6) is 0.715. The summed E-state index contributed by atoms with van der Waals surface area (Å²) >= 11 is 0. The zero-order valence-electron chi connectivity index (χ0n) is 14.2. The van der Waals surface area contributed by atoms with Crippen LogP contribution in [0.1, 0.15) is 53.9 Å². The van der Waals surface area contributed by atoms with Gasteiger partial charge >= 0.3 is 0 Å². The molecule has 2 heterocycles. The van der Waals surface area contributed by atoms with E-state index in [1.165, 1.54) is 32.4 Å². The lowest BCUT2D eigenvalue weighted by atomic mass is 9.80. The molecule has 2 saturated heterocycles. The third kappa shape index (κ3) is 3.75. The van der Waals surface area contributed by atoms with Crippen molar-refractivity contribution in [2.75, 3.05) is 32.8 Å². The van der Waals surface area contributed by atoms with E-state index in [1.54, 1.807) is 0 Å². The third-order valence-electron chi connectivity index (χ3n) is 5.59. The molecule has 2 aliphatic rings. The molecular weight excluding hydrogens is 248 g/mol. The van der Waals surface area contributed by atoms with Crippen molar-refractivity contribution in [2.24, 2.45) is 11.3 Å². The molecule has 2 rings (SSSR count). The molecule has 2 atom stereocenters. The summed E-state index contributed by atoms with van der Waals surface area (Å²) in [5, 5.41) is 3.79. The topological polar surface area (TPSA) is 24.5 Å². The average molecular weight is 282 g/mol. The number of hydrogen-bond acceptors (Lipinski definition) is 3. The van der Waals surface area contributed by atoms with Crippen LogP contribution in [0.2, 0.25) is 0 Å². The Bertz CT molecular complexity index is 312. The van der Waals surface area contributed by atoms with E-state index in [-0.39, 0.29) is 5.54 Å². The maximum Gasteiger partial charge on any atom is 0.0471 e. The van der Waals surface area contributed by atoms with Gasteiger partial charge in [-0.1, -0.05) is 27.7 Å². The second-order valence-electron chi connectivity index (χ2n) is 7.93. The first-order chi connectivity index (χ1) is 9.37. The second kappa shape index (κ2) is 6.33. The third-order valence-corrected chi connectivity index (χ3v) is 5.59. The molecule has 0 radical (unpaired) electrons. The van der Waals surface area contributed by atoms with Crippen LogP contribution in [0.25, 0.3) is 0 Å². The Morgan fingerprint density at radius 2 is 1.90 bits per heavy atom. The Balaban J connectivity index is 2.06. The molecule has 20 heavy (non-hydrogen) atoms. The maximum atomic E-state index is 5.56. The van der Waals surface area contributed by atoms with Crippen molar-refractivity contribution in [2.45, 2.75) is 65.5 Å². The van der Waals surface area contributed by atoms with Crippen molar-refractivity contribution in [3.8, 4) is 0 Å². The van der Waals surface area contributed by atoms with Crippen LogP contribution in [0, 0.1) is 11.3 Å². The van der Waals surface area contributed by atoms with E-state index in [0.29, 0.717) is 17.4 Å². The largest absolute Gasteiger partial charge is 0.381 e. The van der Waals surface area contributed by atoms with E-state index in [9.17, 15) is 0 Å². The minimum Gasteiger partial charge on any atom is -0.381 e. The first-order valence-electron chi connectivity index (χ1n) is 8.44. The van der Waals surface area contributed by atoms with E-state index in [1.807, 2.05) is 0 Å². The predicted octanol–water partition coefficient (Wildman–Crippen LogP) is 2.90. The lowest BCUT2D eigenvalue weighted by Gasteiger charge is -2.50. The molecule has 118 valence electrons. The van der Waals surface area contributed by atoms with Gasteiger partial charge in [0.15, 0.2) is 0 Å². The average Bonchev–Trinajstić information content (AvgIpc) is 2.39. The van der Waals surface area contributed by atoms with E-state index >= 15 is 0 Å². The van der Waals surface area contributed by atoms with Crippen molar-refractivity contribution in [3.63, 3.8) is 0 Å². The van der Waals surface area contributed by atoms with Crippen LogP contribution >= 0.6 is 0 Å². The fourth-order valence-corrected chi connectivity index (χ4v) is 3.68. The standard InChI is InChI=1S/C17H34N2O/c1-6-17(5)13-19(15(11-18-17)14(2)3)12-16(4)7-9-20-10-8-16/h14-15,18H,6-13H2,1-5H3. The van der Waals surface area contributed by atoms with Crippen LogP contribution in [0.4, 0.5) is 0 Å². The van der Waals surface area contributed by atoms with Crippen molar-refractivity contribution < 1.29 is 4.74 Å². The zero-order valence-corrected chi connectivity index (χ0v) is 14.2. The Hall–Kier alpha value is -0.120. The molecule has 0 bridgehead atoms. The molecule has 2 fully saturated rings. The molecule has 2 aliphatic heterocycles. The number of piperazine rings is 1. The van der Waals surface area contributed by atoms with Crippen LogP contribution in [0.3, 0.4) is 0 Å². The zero-order chi connectivity index (χ0) is 14.8. The highest BCUT2D eigenvalue weighted by Gasteiger charge is 2.39. The number of hydrogen-bond donors (Lipinski definition) is 1. The molecule has 0 spiro atoms. The van der Waals surface area contributed by atoms with Gasteiger partial charge in [0.1, 0.15) is 0 Å². The van der Waals surface area contributed by atoms with Gasteiger partial charge in [0, 0.05) is 44.4 Å². The van der Waals surface area contributed by atoms with E-state index in [2.05, 4.69) is 44.8 Å². The van der Waals surface area contributed by atoms with E-state index < -0.39 is 0 Å². The van der Waals surface area contributed by atoms with Gasteiger partial charge in [-0.3, -0.25) is 4.90 Å². The van der Waals surface area contributed by atoms with Gasteiger partial charge in [0.2, 0.25) is 0 Å².